The Labute approximate surface area is 130 Å². The van der Waals surface area contributed by atoms with Crippen LogP contribution in [0.1, 0.15) is 10.7 Å². The number of aryl methyl sites for hydroxylation is 1. The Morgan fingerprint density at radius 3 is 2.85 bits per heavy atom. The van der Waals surface area contributed by atoms with Gasteiger partial charge in [0.2, 0.25) is 10.0 Å². The summed E-state index contributed by atoms with van der Waals surface area (Å²) in [6.45, 7) is 2.20. The number of rotatable bonds is 5. The fraction of sp³-hybridized carbons (Fsp3) is 0.250. The van der Waals surface area contributed by atoms with Gasteiger partial charge in [-0.1, -0.05) is 15.9 Å². The highest BCUT2D eigenvalue weighted by Crippen LogP contribution is 2.22. The normalized spacial score (nSPS) is 11.7. The Morgan fingerprint density at radius 2 is 2.20 bits per heavy atom. The maximum absolute atomic E-state index is 12.2. The van der Waals surface area contributed by atoms with Crippen LogP contribution in [0.4, 0.5) is 5.69 Å². The fourth-order valence-electron chi connectivity index (χ4n) is 1.63. The molecule has 0 saturated heterocycles. The number of hydrogen-bond acceptors (Lipinski definition) is 5. The zero-order valence-corrected chi connectivity index (χ0v) is 14.0. The number of anilines is 1. The minimum atomic E-state index is -3.60. The molecule has 1 aromatic carbocycles. The number of hydrogen-bond donors (Lipinski definition) is 2. The predicted octanol–water partition coefficient (Wildman–Crippen LogP) is 2.32. The number of nitrogens with zero attached hydrogens (tertiary/aromatic N) is 1. The van der Waals surface area contributed by atoms with Crippen LogP contribution in [0.5, 0.6) is 0 Å². The van der Waals surface area contributed by atoms with Gasteiger partial charge in [0.15, 0.2) is 0 Å². The van der Waals surface area contributed by atoms with Crippen LogP contribution >= 0.6 is 27.3 Å². The predicted molar refractivity (Wildman–Crippen MR) is 84.3 cm³/mol. The van der Waals surface area contributed by atoms with E-state index in [2.05, 4.69) is 25.6 Å². The lowest BCUT2D eigenvalue weighted by Crippen LogP contribution is -2.26. The Hall–Kier alpha value is -0.960. The van der Waals surface area contributed by atoms with E-state index in [1.54, 1.807) is 12.1 Å². The average molecular weight is 376 g/mol. The highest BCUT2D eigenvalue weighted by atomic mass is 79.9. The molecule has 20 heavy (non-hydrogen) atoms. The van der Waals surface area contributed by atoms with Crippen LogP contribution in [0.3, 0.4) is 0 Å². The lowest BCUT2D eigenvalue weighted by atomic mass is 10.3. The number of aromatic nitrogens is 1. The molecule has 3 N–H and O–H groups in total. The van der Waals surface area contributed by atoms with E-state index in [9.17, 15) is 8.42 Å². The van der Waals surface area contributed by atoms with Gasteiger partial charge in [0.05, 0.1) is 10.7 Å². The van der Waals surface area contributed by atoms with Gasteiger partial charge in [0.25, 0.3) is 0 Å². The summed E-state index contributed by atoms with van der Waals surface area (Å²) in [4.78, 5) is 4.37. The summed E-state index contributed by atoms with van der Waals surface area (Å²) < 4.78 is 27.6. The van der Waals surface area contributed by atoms with Crippen molar-refractivity contribution in [3.8, 4) is 0 Å². The maximum Gasteiger partial charge on any atom is 0.242 e. The van der Waals surface area contributed by atoms with Gasteiger partial charge in [0, 0.05) is 28.5 Å². The SMILES string of the molecule is Cc1csc(CCNS(=O)(=O)c2cc(Br)ccc2N)n1. The molecular formula is C12H14BrN3O2S2. The van der Waals surface area contributed by atoms with Gasteiger partial charge < -0.3 is 5.73 Å². The van der Waals surface area contributed by atoms with Gasteiger partial charge in [0.1, 0.15) is 4.90 Å². The second-order valence-electron chi connectivity index (χ2n) is 4.21. The first-order valence-electron chi connectivity index (χ1n) is 5.84. The molecule has 0 aliphatic rings. The van der Waals surface area contributed by atoms with Crippen LogP contribution in [0.25, 0.3) is 0 Å². The van der Waals surface area contributed by atoms with Crippen molar-refractivity contribution in [1.29, 1.82) is 0 Å². The van der Waals surface area contributed by atoms with Crippen molar-refractivity contribution in [1.82, 2.24) is 9.71 Å². The first-order valence-corrected chi connectivity index (χ1v) is 9.00. The zero-order chi connectivity index (χ0) is 14.8. The molecule has 0 spiro atoms. The smallest absolute Gasteiger partial charge is 0.242 e. The Bertz CT molecular complexity index is 713. The monoisotopic (exact) mass is 375 g/mol. The number of nitrogens with one attached hydrogen (secondary N) is 1. The van der Waals surface area contributed by atoms with Gasteiger partial charge in [-0.25, -0.2) is 18.1 Å². The van der Waals surface area contributed by atoms with Gasteiger partial charge >= 0.3 is 0 Å². The molecule has 8 heteroatoms. The molecule has 108 valence electrons. The largest absolute Gasteiger partial charge is 0.398 e. The summed E-state index contributed by atoms with van der Waals surface area (Å²) in [5.41, 5.74) is 6.89. The van der Waals surface area contributed by atoms with Crippen molar-refractivity contribution >= 4 is 43.0 Å². The molecule has 2 rings (SSSR count). The van der Waals surface area contributed by atoms with Crippen LogP contribution in [0, 0.1) is 6.92 Å². The van der Waals surface area contributed by atoms with Crippen LogP contribution in [-0.2, 0) is 16.4 Å². The minimum Gasteiger partial charge on any atom is -0.398 e. The lowest BCUT2D eigenvalue weighted by molar-refractivity contribution is 0.582. The zero-order valence-electron chi connectivity index (χ0n) is 10.8. The topological polar surface area (TPSA) is 85.1 Å². The van der Waals surface area contributed by atoms with Crippen molar-refractivity contribution in [3.63, 3.8) is 0 Å². The quantitative estimate of drug-likeness (QED) is 0.785. The number of halogens is 1. The van der Waals surface area contributed by atoms with E-state index in [1.807, 2.05) is 12.3 Å². The number of nitrogen functional groups attached to an aromatic ring is 1. The summed E-state index contributed by atoms with van der Waals surface area (Å²) in [6, 6.07) is 4.75. The third-order valence-electron chi connectivity index (χ3n) is 2.56. The third-order valence-corrected chi connectivity index (χ3v) is 5.60. The molecule has 2 aromatic rings. The molecule has 0 unspecified atom stereocenters. The molecule has 1 aromatic heterocycles. The van der Waals surface area contributed by atoms with E-state index in [0.717, 1.165) is 10.7 Å². The second kappa shape index (κ2) is 6.21. The molecule has 0 atom stereocenters. The van der Waals surface area contributed by atoms with Crippen molar-refractivity contribution in [2.24, 2.45) is 0 Å². The molecule has 0 aliphatic heterocycles. The molecule has 1 heterocycles. The first kappa shape index (κ1) is 15.4. The Kier molecular flexibility index (Phi) is 4.79. The summed E-state index contributed by atoms with van der Waals surface area (Å²) in [5.74, 6) is 0. The van der Waals surface area contributed by atoms with E-state index in [-0.39, 0.29) is 10.6 Å². The first-order chi connectivity index (χ1) is 9.38. The van der Waals surface area contributed by atoms with Gasteiger partial charge in [-0.2, -0.15) is 0 Å². The van der Waals surface area contributed by atoms with Crippen molar-refractivity contribution in [2.75, 3.05) is 12.3 Å². The lowest BCUT2D eigenvalue weighted by Gasteiger charge is -2.08. The molecule has 0 saturated carbocycles. The third kappa shape index (κ3) is 3.78. The molecule has 0 radical (unpaired) electrons. The van der Waals surface area contributed by atoms with Crippen molar-refractivity contribution < 1.29 is 8.42 Å². The summed E-state index contributed by atoms with van der Waals surface area (Å²) in [5, 5.41) is 2.85. The number of benzene rings is 1. The van der Waals surface area contributed by atoms with Gasteiger partial charge in [-0.3, -0.25) is 0 Å². The van der Waals surface area contributed by atoms with E-state index < -0.39 is 10.0 Å². The second-order valence-corrected chi connectivity index (χ2v) is 7.81. The average Bonchev–Trinajstić information content (AvgIpc) is 2.78. The highest BCUT2D eigenvalue weighted by Gasteiger charge is 2.17. The number of thiazole rings is 1. The molecule has 0 bridgehead atoms. The maximum atomic E-state index is 12.2. The van der Waals surface area contributed by atoms with E-state index in [4.69, 9.17) is 5.73 Å². The van der Waals surface area contributed by atoms with Gasteiger partial charge in [-0.15, -0.1) is 11.3 Å². The van der Waals surface area contributed by atoms with E-state index in [1.165, 1.54) is 17.4 Å². The van der Waals surface area contributed by atoms with E-state index >= 15 is 0 Å². The van der Waals surface area contributed by atoms with Gasteiger partial charge in [-0.05, 0) is 25.1 Å². The standard InChI is InChI=1S/C12H14BrN3O2S2/c1-8-7-19-12(16-8)4-5-15-20(17,18)11-6-9(13)2-3-10(11)14/h2-3,6-7,15H,4-5,14H2,1H3. The van der Waals surface area contributed by atoms with Crippen molar-refractivity contribution in [2.45, 2.75) is 18.2 Å². The molecule has 0 amide bonds. The summed E-state index contributed by atoms with van der Waals surface area (Å²) in [7, 11) is -3.60. The highest BCUT2D eigenvalue weighted by molar-refractivity contribution is 9.10. The fourth-order valence-corrected chi connectivity index (χ4v) is 4.10. The molecular weight excluding hydrogens is 362 g/mol. The molecule has 0 fully saturated rings. The van der Waals surface area contributed by atoms with Crippen LogP contribution in [-0.4, -0.2) is 19.9 Å². The van der Waals surface area contributed by atoms with Crippen molar-refractivity contribution in [3.05, 3.63) is 38.8 Å². The Balaban J connectivity index is 2.06. The summed E-state index contributed by atoms with van der Waals surface area (Å²) >= 11 is 4.76. The minimum absolute atomic E-state index is 0.0854. The number of sulfonamides is 1. The molecule has 0 aliphatic carbocycles. The number of nitrogens with two attached hydrogens (primary N) is 1. The Morgan fingerprint density at radius 1 is 1.45 bits per heavy atom. The van der Waals surface area contributed by atoms with Crippen LogP contribution in [0.15, 0.2) is 32.9 Å². The van der Waals surface area contributed by atoms with E-state index in [0.29, 0.717) is 17.4 Å². The molecule has 5 nitrogen and oxygen atoms in total. The van der Waals surface area contributed by atoms with Crippen LogP contribution in [0.2, 0.25) is 0 Å². The summed E-state index contributed by atoms with van der Waals surface area (Å²) in [6.07, 6.45) is 0.561. The van der Waals surface area contributed by atoms with Crippen LogP contribution < -0.4 is 10.5 Å².